The Hall–Kier alpha value is -2.01. The summed E-state index contributed by atoms with van der Waals surface area (Å²) in [5, 5.41) is 9.63. The van der Waals surface area contributed by atoms with Crippen LogP contribution in [-0.4, -0.2) is 16.1 Å². The van der Waals surface area contributed by atoms with Crippen molar-refractivity contribution in [1.29, 1.82) is 0 Å². The zero-order valence-corrected chi connectivity index (χ0v) is 10.5. The molecule has 1 aromatic heterocycles. The number of nitrogen functional groups attached to an aromatic ring is 1. The van der Waals surface area contributed by atoms with Crippen LogP contribution in [0, 0.1) is 0 Å². The molecule has 2 rings (SSSR count). The molecule has 4 N–H and O–H groups in total. The lowest BCUT2D eigenvalue weighted by molar-refractivity contribution is 0.0940. The molecular formula is C12H13ClN4O. The zero-order valence-electron chi connectivity index (χ0n) is 9.77. The molecule has 0 fully saturated rings. The molecule has 1 amide bonds. The molecule has 94 valence electrons. The Labute approximate surface area is 109 Å². The van der Waals surface area contributed by atoms with Gasteiger partial charge in [-0.3, -0.25) is 9.89 Å². The van der Waals surface area contributed by atoms with Crippen LogP contribution in [0.4, 0.5) is 5.69 Å². The number of anilines is 1. The molecule has 1 unspecified atom stereocenters. The molecule has 1 aromatic carbocycles. The van der Waals surface area contributed by atoms with E-state index >= 15 is 0 Å². The number of carbonyl (C=O) groups is 1. The van der Waals surface area contributed by atoms with Gasteiger partial charge in [0.15, 0.2) is 0 Å². The van der Waals surface area contributed by atoms with Gasteiger partial charge in [-0.25, -0.2) is 0 Å². The average Bonchev–Trinajstić information content (AvgIpc) is 2.86. The van der Waals surface area contributed by atoms with Crippen LogP contribution in [0.15, 0.2) is 30.6 Å². The first kappa shape index (κ1) is 12.4. The molecule has 0 aliphatic heterocycles. The quantitative estimate of drug-likeness (QED) is 0.743. The molecule has 0 aliphatic rings. The van der Waals surface area contributed by atoms with Gasteiger partial charge in [0.1, 0.15) is 0 Å². The number of rotatable bonds is 3. The van der Waals surface area contributed by atoms with E-state index in [1.165, 1.54) is 0 Å². The van der Waals surface area contributed by atoms with Gasteiger partial charge in [0.2, 0.25) is 0 Å². The van der Waals surface area contributed by atoms with E-state index < -0.39 is 0 Å². The van der Waals surface area contributed by atoms with E-state index in [0.717, 1.165) is 5.56 Å². The summed E-state index contributed by atoms with van der Waals surface area (Å²) in [7, 11) is 0. The molecule has 0 spiro atoms. The van der Waals surface area contributed by atoms with Crippen LogP contribution in [-0.2, 0) is 0 Å². The first-order valence-corrected chi connectivity index (χ1v) is 5.81. The van der Waals surface area contributed by atoms with Crippen molar-refractivity contribution in [3.8, 4) is 0 Å². The van der Waals surface area contributed by atoms with E-state index in [1.807, 2.05) is 6.92 Å². The second-order valence-electron chi connectivity index (χ2n) is 3.94. The first-order valence-electron chi connectivity index (χ1n) is 5.43. The topological polar surface area (TPSA) is 83.8 Å². The van der Waals surface area contributed by atoms with E-state index in [-0.39, 0.29) is 17.0 Å². The van der Waals surface area contributed by atoms with Gasteiger partial charge in [-0.15, -0.1) is 0 Å². The Bertz CT molecular complexity index is 553. The highest BCUT2D eigenvalue weighted by molar-refractivity contribution is 6.36. The molecule has 1 heterocycles. The lowest BCUT2D eigenvalue weighted by Crippen LogP contribution is -2.26. The van der Waals surface area contributed by atoms with Gasteiger partial charge < -0.3 is 11.1 Å². The second-order valence-corrected chi connectivity index (χ2v) is 4.31. The van der Waals surface area contributed by atoms with E-state index in [4.69, 9.17) is 17.3 Å². The summed E-state index contributed by atoms with van der Waals surface area (Å²) in [6, 6.07) is 4.82. The molecule has 0 bridgehead atoms. The van der Waals surface area contributed by atoms with Crippen LogP contribution in [0.1, 0.15) is 28.9 Å². The van der Waals surface area contributed by atoms with Crippen molar-refractivity contribution in [3.05, 3.63) is 46.7 Å². The summed E-state index contributed by atoms with van der Waals surface area (Å²) < 4.78 is 0. The number of hydrogen-bond donors (Lipinski definition) is 3. The normalized spacial score (nSPS) is 12.1. The zero-order chi connectivity index (χ0) is 13.1. The molecule has 6 heteroatoms. The number of benzene rings is 1. The fourth-order valence-corrected chi connectivity index (χ4v) is 1.79. The number of aromatic nitrogens is 2. The van der Waals surface area contributed by atoms with Crippen molar-refractivity contribution < 1.29 is 4.79 Å². The number of hydrogen-bond acceptors (Lipinski definition) is 3. The van der Waals surface area contributed by atoms with Crippen LogP contribution < -0.4 is 11.1 Å². The molecule has 5 nitrogen and oxygen atoms in total. The maximum absolute atomic E-state index is 12.0. The van der Waals surface area contributed by atoms with Gasteiger partial charge in [-0.1, -0.05) is 17.7 Å². The number of amides is 1. The molecule has 0 radical (unpaired) electrons. The Morgan fingerprint density at radius 2 is 2.33 bits per heavy atom. The van der Waals surface area contributed by atoms with Crippen molar-refractivity contribution in [2.75, 3.05) is 5.73 Å². The summed E-state index contributed by atoms with van der Waals surface area (Å²) >= 11 is 5.99. The number of halogens is 1. The van der Waals surface area contributed by atoms with Crippen molar-refractivity contribution in [2.45, 2.75) is 13.0 Å². The number of nitrogens with one attached hydrogen (secondary N) is 2. The van der Waals surface area contributed by atoms with E-state index in [1.54, 1.807) is 30.6 Å². The van der Waals surface area contributed by atoms with Gasteiger partial charge in [-0.2, -0.15) is 5.10 Å². The standard InChI is InChI=1S/C12H13ClN4O/c1-7(8-5-15-16-6-8)17-12(18)9-3-2-4-10(14)11(9)13/h2-7H,14H2,1H3,(H,15,16)(H,17,18). The minimum Gasteiger partial charge on any atom is -0.398 e. The summed E-state index contributed by atoms with van der Waals surface area (Å²) in [5.74, 6) is -0.263. The van der Waals surface area contributed by atoms with E-state index in [0.29, 0.717) is 11.3 Å². The van der Waals surface area contributed by atoms with Gasteiger partial charge in [-0.05, 0) is 19.1 Å². The molecule has 0 aliphatic carbocycles. The molecule has 1 atom stereocenters. The molecule has 2 aromatic rings. The third-order valence-corrected chi connectivity index (χ3v) is 3.06. The van der Waals surface area contributed by atoms with Crippen LogP contribution >= 0.6 is 11.6 Å². The van der Waals surface area contributed by atoms with E-state index in [9.17, 15) is 4.79 Å². The van der Waals surface area contributed by atoms with Crippen LogP contribution in [0.3, 0.4) is 0 Å². The Kier molecular flexibility index (Phi) is 3.53. The van der Waals surface area contributed by atoms with Crippen molar-refractivity contribution >= 4 is 23.2 Å². The van der Waals surface area contributed by atoms with Crippen molar-refractivity contribution in [1.82, 2.24) is 15.5 Å². The third-order valence-electron chi connectivity index (χ3n) is 2.64. The third kappa shape index (κ3) is 2.46. The smallest absolute Gasteiger partial charge is 0.253 e. The highest BCUT2D eigenvalue weighted by Gasteiger charge is 2.15. The van der Waals surface area contributed by atoms with Crippen molar-refractivity contribution in [2.24, 2.45) is 0 Å². The van der Waals surface area contributed by atoms with E-state index in [2.05, 4.69) is 15.5 Å². The molecule has 18 heavy (non-hydrogen) atoms. The first-order chi connectivity index (χ1) is 8.59. The number of carbonyl (C=O) groups excluding carboxylic acids is 1. The van der Waals surface area contributed by atoms with Crippen LogP contribution in [0.25, 0.3) is 0 Å². The monoisotopic (exact) mass is 264 g/mol. The second kappa shape index (κ2) is 5.10. The van der Waals surface area contributed by atoms with Gasteiger partial charge in [0.25, 0.3) is 5.91 Å². The van der Waals surface area contributed by atoms with Gasteiger partial charge in [0, 0.05) is 11.8 Å². The molecule has 0 saturated carbocycles. The number of aromatic amines is 1. The highest BCUT2D eigenvalue weighted by atomic mass is 35.5. The fourth-order valence-electron chi connectivity index (χ4n) is 1.58. The Morgan fingerprint density at radius 1 is 1.56 bits per heavy atom. The fraction of sp³-hybridized carbons (Fsp3) is 0.167. The van der Waals surface area contributed by atoms with Crippen LogP contribution in [0.5, 0.6) is 0 Å². The SMILES string of the molecule is CC(NC(=O)c1cccc(N)c1Cl)c1cn[nH]c1. The number of nitrogens with zero attached hydrogens (tertiary/aromatic N) is 1. The van der Waals surface area contributed by atoms with Crippen molar-refractivity contribution in [3.63, 3.8) is 0 Å². The summed E-state index contributed by atoms with van der Waals surface area (Å²) in [5.41, 5.74) is 7.31. The van der Waals surface area contributed by atoms with Gasteiger partial charge >= 0.3 is 0 Å². The maximum Gasteiger partial charge on any atom is 0.253 e. The predicted molar refractivity (Wildman–Crippen MR) is 70.3 cm³/mol. The molecular weight excluding hydrogens is 252 g/mol. The highest BCUT2D eigenvalue weighted by Crippen LogP contribution is 2.23. The lowest BCUT2D eigenvalue weighted by Gasteiger charge is -2.13. The predicted octanol–water partition coefficient (Wildman–Crippen LogP) is 2.14. The largest absolute Gasteiger partial charge is 0.398 e. The maximum atomic E-state index is 12.0. The Morgan fingerprint density at radius 3 is 3.00 bits per heavy atom. The summed E-state index contributed by atoms with van der Waals surface area (Å²) in [6.45, 7) is 1.86. The minimum atomic E-state index is -0.263. The lowest BCUT2D eigenvalue weighted by atomic mass is 10.1. The molecule has 0 saturated heterocycles. The number of nitrogens with two attached hydrogens (primary N) is 1. The average molecular weight is 265 g/mol. The van der Waals surface area contributed by atoms with Gasteiger partial charge in [0.05, 0.1) is 28.5 Å². The summed E-state index contributed by atoms with van der Waals surface area (Å²) in [4.78, 5) is 12.0. The van der Waals surface area contributed by atoms with Crippen LogP contribution in [0.2, 0.25) is 5.02 Å². The summed E-state index contributed by atoms with van der Waals surface area (Å²) in [6.07, 6.45) is 3.39. The Balaban J connectivity index is 2.15. The number of H-pyrrole nitrogens is 1. The minimum absolute atomic E-state index is 0.159.